The Bertz CT molecular complexity index is 326. The number of Topliss-reactive ketones (excluding diaryl/α,β-unsaturated/α-hetero) is 1. The Kier molecular flexibility index (Phi) is 2.63. The van der Waals surface area contributed by atoms with Crippen molar-refractivity contribution in [2.75, 3.05) is 6.54 Å². The lowest BCUT2D eigenvalue weighted by Gasteiger charge is -2.21. The molecule has 1 aliphatic heterocycles. The maximum atomic E-state index is 12.0. The maximum absolute atomic E-state index is 12.0. The molecule has 2 heterocycles. The zero-order valence-electron chi connectivity index (χ0n) is 8.36. The fraction of sp³-hybridized carbons (Fsp3) is 0.600. The van der Waals surface area contributed by atoms with E-state index in [1.54, 1.807) is 24.0 Å². The molecule has 14 heavy (non-hydrogen) atoms. The Labute approximate surface area is 83.3 Å². The van der Waals surface area contributed by atoms with E-state index in [0.29, 0.717) is 5.69 Å². The largest absolute Gasteiger partial charge is 0.307 e. The second-order valence-corrected chi connectivity index (χ2v) is 3.71. The van der Waals surface area contributed by atoms with Gasteiger partial charge in [0.1, 0.15) is 5.69 Å². The van der Waals surface area contributed by atoms with Gasteiger partial charge in [-0.2, -0.15) is 5.10 Å². The van der Waals surface area contributed by atoms with Crippen molar-refractivity contribution in [1.29, 1.82) is 0 Å². The van der Waals surface area contributed by atoms with Crippen LogP contribution in [0.5, 0.6) is 0 Å². The van der Waals surface area contributed by atoms with E-state index in [4.69, 9.17) is 0 Å². The molecule has 1 aromatic heterocycles. The molecule has 1 N–H and O–H groups in total. The molecular weight excluding hydrogens is 178 g/mol. The lowest BCUT2D eigenvalue weighted by Crippen LogP contribution is -2.41. The van der Waals surface area contributed by atoms with Crippen molar-refractivity contribution in [1.82, 2.24) is 15.1 Å². The third-order valence-electron chi connectivity index (χ3n) is 2.70. The Morgan fingerprint density at radius 3 is 3.07 bits per heavy atom. The molecule has 0 bridgehead atoms. The molecule has 0 aromatic carbocycles. The highest BCUT2D eigenvalue weighted by atomic mass is 16.1. The van der Waals surface area contributed by atoms with Gasteiger partial charge in [0.15, 0.2) is 5.78 Å². The van der Waals surface area contributed by atoms with E-state index in [2.05, 4.69) is 10.4 Å². The first-order chi connectivity index (χ1) is 6.79. The van der Waals surface area contributed by atoms with Gasteiger partial charge < -0.3 is 5.32 Å². The number of nitrogens with one attached hydrogen (secondary N) is 1. The van der Waals surface area contributed by atoms with Crippen LogP contribution >= 0.6 is 0 Å². The molecule has 4 nitrogen and oxygen atoms in total. The number of hydrogen-bond acceptors (Lipinski definition) is 3. The summed E-state index contributed by atoms with van der Waals surface area (Å²) in [5.74, 6) is 0.171. The molecule has 0 amide bonds. The summed E-state index contributed by atoms with van der Waals surface area (Å²) in [7, 11) is 1.80. The van der Waals surface area contributed by atoms with E-state index in [9.17, 15) is 4.79 Å². The van der Waals surface area contributed by atoms with Crippen LogP contribution in [0.1, 0.15) is 29.8 Å². The summed E-state index contributed by atoms with van der Waals surface area (Å²) < 4.78 is 1.64. The highest BCUT2D eigenvalue weighted by molar-refractivity contribution is 5.98. The van der Waals surface area contributed by atoms with Crippen LogP contribution in [0.3, 0.4) is 0 Å². The van der Waals surface area contributed by atoms with Gasteiger partial charge in [-0.05, 0) is 25.5 Å². The monoisotopic (exact) mass is 193 g/mol. The molecular formula is C10H15N3O. The van der Waals surface area contributed by atoms with E-state index in [0.717, 1.165) is 19.4 Å². The summed E-state index contributed by atoms with van der Waals surface area (Å²) in [6.45, 7) is 0.953. The number of rotatable bonds is 2. The summed E-state index contributed by atoms with van der Waals surface area (Å²) in [4.78, 5) is 12.0. The smallest absolute Gasteiger partial charge is 0.197 e. The van der Waals surface area contributed by atoms with E-state index in [1.165, 1.54) is 6.42 Å². The highest BCUT2D eigenvalue weighted by Crippen LogP contribution is 2.12. The first-order valence-electron chi connectivity index (χ1n) is 5.04. The Hall–Kier alpha value is -1.16. The average molecular weight is 193 g/mol. The Morgan fingerprint density at radius 2 is 2.50 bits per heavy atom. The van der Waals surface area contributed by atoms with Crippen LogP contribution < -0.4 is 5.32 Å². The van der Waals surface area contributed by atoms with Gasteiger partial charge in [-0.15, -0.1) is 0 Å². The molecule has 76 valence electrons. The maximum Gasteiger partial charge on any atom is 0.197 e. The van der Waals surface area contributed by atoms with Crippen LogP contribution in [0.25, 0.3) is 0 Å². The van der Waals surface area contributed by atoms with Crippen LogP contribution in [0.2, 0.25) is 0 Å². The third-order valence-corrected chi connectivity index (χ3v) is 2.70. The Balaban J connectivity index is 2.11. The number of hydrogen-bond donors (Lipinski definition) is 1. The van der Waals surface area contributed by atoms with Crippen molar-refractivity contribution in [2.45, 2.75) is 25.3 Å². The summed E-state index contributed by atoms with van der Waals surface area (Å²) in [6, 6.07) is 1.78. The van der Waals surface area contributed by atoms with Gasteiger partial charge in [0, 0.05) is 13.2 Å². The lowest BCUT2D eigenvalue weighted by atomic mass is 9.99. The van der Waals surface area contributed by atoms with Gasteiger partial charge in [0.05, 0.1) is 6.04 Å². The molecule has 1 saturated heterocycles. The van der Waals surface area contributed by atoms with Gasteiger partial charge in [-0.25, -0.2) is 0 Å². The van der Waals surface area contributed by atoms with Crippen molar-refractivity contribution < 1.29 is 4.79 Å². The highest BCUT2D eigenvalue weighted by Gasteiger charge is 2.23. The quantitative estimate of drug-likeness (QED) is 0.705. The first kappa shape index (κ1) is 9.40. The van der Waals surface area contributed by atoms with Gasteiger partial charge in [-0.3, -0.25) is 9.48 Å². The zero-order chi connectivity index (χ0) is 9.97. The molecule has 0 saturated carbocycles. The summed E-state index contributed by atoms with van der Waals surface area (Å²) in [5, 5.41) is 7.24. The van der Waals surface area contributed by atoms with Crippen molar-refractivity contribution in [3.8, 4) is 0 Å². The summed E-state index contributed by atoms with van der Waals surface area (Å²) in [5.41, 5.74) is 0.699. The minimum Gasteiger partial charge on any atom is -0.307 e. The van der Waals surface area contributed by atoms with E-state index in [-0.39, 0.29) is 11.8 Å². The predicted molar refractivity (Wildman–Crippen MR) is 53.2 cm³/mol. The second-order valence-electron chi connectivity index (χ2n) is 3.71. The van der Waals surface area contributed by atoms with Crippen molar-refractivity contribution in [3.05, 3.63) is 18.0 Å². The number of ketones is 1. The minimum absolute atomic E-state index is 0.000787. The fourth-order valence-electron chi connectivity index (χ4n) is 1.87. The molecule has 4 heteroatoms. The van der Waals surface area contributed by atoms with Crippen molar-refractivity contribution >= 4 is 5.78 Å². The van der Waals surface area contributed by atoms with Gasteiger partial charge in [0.25, 0.3) is 0 Å². The number of aryl methyl sites for hydroxylation is 1. The Morgan fingerprint density at radius 1 is 1.64 bits per heavy atom. The second kappa shape index (κ2) is 3.92. The van der Waals surface area contributed by atoms with Crippen LogP contribution in [0.15, 0.2) is 12.3 Å². The number of nitrogens with zero attached hydrogens (tertiary/aromatic N) is 2. The van der Waals surface area contributed by atoms with E-state index < -0.39 is 0 Å². The predicted octanol–water partition coefficient (Wildman–Crippen LogP) is 0.745. The molecule has 0 spiro atoms. The van der Waals surface area contributed by atoms with Crippen molar-refractivity contribution in [3.63, 3.8) is 0 Å². The van der Waals surface area contributed by atoms with Crippen LogP contribution in [0, 0.1) is 0 Å². The molecule has 1 fully saturated rings. The SMILES string of the molecule is Cn1nccc1C(=O)C1CCCCN1. The van der Waals surface area contributed by atoms with Crippen LogP contribution in [-0.4, -0.2) is 28.2 Å². The van der Waals surface area contributed by atoms with Gasteiger partial charge in [0.2, 0.25) is 0 Å². The van der Waals surface area contributed by atoms with Crippen LogP contribution in [-0.2, 0) is 7.05 Å². The zero-order valence-corrected chi connectivity index (χ0v) is 8.36. The molecule has 1 unspecified atom stereocenters. The van der Waals surface area contributed by atoms with E-state index >= 15 is 0 Å². The molecule has 0 aliphatic carbocycles. The standard InChI is InChI=1S/C10H15N3O/c1-13-9(5-7-12-13)10(14)8-4-2-3-6-11-8/h5,7-8,11H,2-4,6H2,1H3. The van der Waals surface area contributed by atoms with Gasteiger partial charge >= 0.3 is 0 Å². The summed E-state index contributed by atoms with van der Waals surface area (Å²) in [6.07, 6.45) is 4.93. The normalized spacial score (nSPS) is 22.2. The van der Waals surface area contributed by atoms with E-state index in [1.807, 2.05) is 0 Å². The minimum atomic E-state index is -0.000787. The molecule has 1 atom stereocenters. The topological polar surface area (TPSA) is 46.9 Å². The van der Waals surface area contributed by atoms with Gasteiger partial charge in [-0.1, -0.05) is 6.42 Å². The number of aromatic nitrogens is 2. The molecule has 1 aromatic rings. The molecule has 2 rings (SSSR count). The lowest BCUT2D eigenvalue weighted by molar-refractivity contribution is 0.0917. The van der Waals surface area contributed by atoms with Crippen molar-refractivity contribution in [2.24, 2.45) is 7.05 Å². The van der Waals surface area contributed by atoms with Crippen LogP contribution in [0.4, 0.5) is 0 Å². The number of carbonyl (C=O) groups excluding carboxylic acids is 1. The number of carbonyl (C=O) groups is 1. The number of piperidine rings is 1. The molecule has 1 aliphatic rings. The fourth-order valence-corrected chi connectivity index (χ4v) is 1.87. The third kappa shape index (κ3) is 1.70. The molecule has 0 radical (unpaired) electrons. The average Bonchev–Trinajstić information content (AvgIpc) is 2.65. The first-order valence-corrected chi connectivity index (χ1v) is 5.04. The summed E-state index contributed by atoms with van der Waals surface area (Å²) >= 11 is 0.